The summed E-state index contributed by atoms with van der Waals surface area (Å²) in [7, 11) is 1.63. The summed E-state index contributed by atoms with van der Waals surface area (Å²) < 4.78 is 13.9. The van der Waals surface area contributed by atoms with Gasteiger partial charge in [0, 0.05) is 37.9 Å². The molecule has 1 aliphatic heterocycles. The van der Waals surface area contributed by atoms with Crippen molar-refractivity contribution in [1.29, 1.82) is 0 Å². The molecule has 0 aromatic carbocycles. The standard InChI is InChI=1S/C26H34N6O4S/c1-15(2)20-21(16-11-18(35-6)23-27-14-28-32(23)13-16)29-17-12-19(37-22(17)20)24(33)30-7-9-31(10-8-30)25(34)36-26(3,4)5/h11-15,24,29,33H,7-10H2,1-6H3. The van der Waals surface area contributed by atoms with Crippen LogP contribution in [0.15, 0.2) is 24.7 Å². The van der Waals surface area contributed by atoms with Crippen molar-refractivity contribution < 1.29 is 19.4 Å². The van der Waals surface area contributed by atoms with E-state index in [4.69, 9.17) is 9.47 Å². The highest BCUT2D eigenvalue weighted by Gasteiger charge is 2.30. The number of hydrogen-bond acceptors (Lipinski definition) is 8. The fourth-order valence-corrected chi connectivity index (χ4v) is 6.10. The van der Waals surface area contributed by atoms with E-state index in [2.05, 4.69) is 28.9 Å². The Morgan fingerprint density at radius 2 is 1.92 bits per heavy atom. The van der Waals surface area contributed by atoms with Crippen LogP contribution in [0.1, 0.15) is 57.2 Å². The smallest absolute Gasteiger partial charge is 0.410 e. The first kappa shape index (κ1) is 25.5. The summed E-state index contributed by atoms with van der Waals surface area (Å²) >= 11 is 1.61. The topological polar surface area (TPSA) is 108 Å². The summed E-state index contributed by atoms with van der Waals surface area (Å²) in [5, 5.41) is 15.5. The van der Waals surface area contributed by atoms with Crippen LogP contribution >= 0.6 is 11.3 Å². The molecule has 11 heteroatoms. The predicted molar refractivity (Wildman–Crippen MR) is 143 cm³/mol. The van der Waals surface area contributed by atoms with E-state index in [-0.39, 0.29) is 12.0 Å². The first-order valence-corrected chi connectivity index (χ1v) is 13.3. The first-order valence-electron chi connectivity index (χ1n) is 12.5. The maximum Gasteiger partial charge on any atom is 0.410 e. The van der Waals surface area contributed by atoms with Gasteiger partial charge < -0.3 is 24.5 Å². The van der Waals surface area contributed by atoms with Gasteiger partial charge in [-0.1, -0.05) is 13.8 Å². The van der Waals surface area contributed by atoms with Crippen LogP contribution in [0.3, 0.4) is 0 Å². The van der Waals surface area contributed by atoms with Crippen LogP contribution in [0.4, 0.5) is 4.79 Å². The molecule has 1 atom stereocenters. The summed E-state index contributed by atoms with van der Waals surface area (Å²) in [5.41, 5.74) is 4.30. The number of methoxy groups -OCH3 is 1. The van der Waals surface area contributed by atoms with Crippen LogP contribution in [0.25, 0.3) is 27.1 Å². The van der Waals surface area contributed by atoms with Gasteiger partial charge in [0.05, 0.1) is 27.9 Å². The van der Waals surface area contributed by atoms with Gasteiger partial charge in [0.1, 0.15) is 18.2 Å². The Hall–Kier alpha value is -3.15. The number of thiophene rings is 1. The lowest BCUT2D eigenvalue weighted by atomic mass is 10.00. The summed E-state index contributed by atoms with van der Waals surface area (Å²) in [4.78, 5) is 24.8. The van der Waals surface area contributed by atoms with E-state index in [0.717, 1.165) is 26.4 Å². The number of nitrogens with one attached hydrogen (secondary N) is 1. The molecule has 0 aliphatic carbocycles. The molecule has 1 saturated heterocycles. The number of aliphatic hydroxyl groups is 1. The maximum absolute atomic E-state index is 12.4. The number of hydrogen-bond donors (Lipinski definition) is 2. The molecule has 0 bridgehead atoms. The third-order valence-electron chi connectivity index (χ3n) is 6.52. The molecule has 5 rings (SSSR count). The van der Waals surface area contributed by atoms with Gasteiger partial charge in [-0.3, -0.25) is 4.90 Å². The molecule has 1 fully saturated rings. The van der Waals surface area contributed by atoms with E-state index in [1.807, 2.05) is 44.0 Å². The number of amides is 1. The lowest BCUT2D eigenvalue weighted by molar-refractivity contribution is -0.0336. The Labute approximate surface area is 219 Å². The number of aromatic nitrogens is 4. The van der Waals surface area contributed by atoms with Gasteiger partial charge in [0.25, 0.3) is 0 Å². The van der Waals surface area contributed by atoms with E-state index in [1.54, 1.807) is 27.9 Å². The van der Waals surface area contributed by atoms with Crippen LogP contribution < -0.4 is 4.74 Å². The highest BCUT2D eigenvalue weighted by molar-refractivity contribution is 7.19. The third-order valence-corrected chi connectivity index (χ3v) is 7.73. The molecule has 4 aromatic rings. The fraction of sp³-hybridized carbons (Fsp3) is 0.500. The highest BCUT2D eigenvalue weighted by atomic mass is 32.1. The van der Waals surface area contributed by atoms with Crippen LogP contribution in [0, 0.1) is 0 Å². The zero-order chi connectivity index (χ0) is 26.5. The van der Waals surface area contributed by atoms with E-state index in [1.165, 1.54) is 11.9 Å². The summed E-state index contributed by atoms with van der Waals surface area (Å²) in [6, 6.07) is 4.01. The monoisotopic (exact) mass is 526 g/mol. The zero-order valence-electron chi connectivity index (χ0n) is 22.1. The lowest BCUT2D eigenvalue weighted by Gasteiger charge is -2.37. The minimum atomic E-state index is -0.735. The molecule has 1 unspecified atom stereocenters. The minimum absolute atomic E-state index is 0.252. The minimum Gasteiger partial charge on any atom is -0.493 e. The molecule has 0 spiro atoms. The average molecular weight is 527 g/mol. The fourth-order valence-electron chi connectivity index (χ4n) is 4.76. The van der Waals surface area contributed by atoms with Gasteiger partial charge >= 0.3 is 6.09 Å². The molecule has 198 valence electrons. The summed E-state index contributed by atoms with van der Waals surface area (Å²) in [5.74, 6) is 0.909. The lowest BCUT2D eigenvalue weighted by Crippen LogP contribution is -2.50. The molecule has 5 heterocycles. The second kappa shape index (κ2) is 9.62. The summed E-state index contributed by atoms with van der Waals surface area (Å²) in [6.45, 7) is 12.1. The van der Waals surface area contributed by atoms with Gasteiger partial charge in [0.2, 0.25) is 0 Å². The van der Waals surface area contributed by atoms with Crippen molar-refractivity contribution in [3.8, 4) is 17.0 Å². The molecule has 0 radical (unpaired) electrons. The Morgan fingerprint density at radius 1 is 1.19 bits per heavy atom. The molecule has 1 aliphatic rings. The molecule has 37 heavy (non-hydrogen) atoms. The largest absolute Gasteiger partial charge is 0.493 e. The van der Waals surface area contributed by atoms with Crippen molar-refractivity contribution in [2.24, 2.45) is 0 Å². The van der Waals surface area contributed by atoms with E-state index < -0.39 is 11.8 Å². The van der Waals surface area contributed by atoms with Crippen LogP contribution in [0.2, 0.25) is 0 Å². The van der Waals surface area contributed by atoms with Crippen molar-refractivity contribution in [1.82, 2.24) is 29.4 Å². The van der Waals surface area contributed by atoms with Gasteiger partial charge in [0.15, 0.2) is 11.4 Å². The average Bonchev–Trinajstić information content (AvgIpc) is 3.55. The van der Waals surface area contributed by atoms with Crippen LogP contribution in [-0.2, 0) is 4.74 Å². The number of aromatic amines is 1. The number of piperazine rings is 1. The SMILES string of the molecule is COc1cc(-c2[nH]c3cc(C(O)N4CCN(C(=O)OC(C)(C)C)CC4)sc3c2C(C)C)cn2ncnc12. The number of carbonyl (C=O) groups is 1. The van der Waals surface area contributed by atoms with Crippen LogP contribution in [0.5, 0.6) is 5.75 Å². The van der Waals surface area contributed by atoms with Gasteiger partial charge in [-0.15, -0.1) is 11.3 Å². The second-order valence-corrected chi connectivity index (χ2v) is 11.7. The number of aliphatic hydroxyl groups excluding tert-OH is 1. The molecule has 10 nitrogen and oxygen atoms in total. The number of carbonyl (C=O) groups excluding carboxylic acids is 1. The number of nitrogens with zero attached hydrogens (tertiary/aromatic N) is 5. The first-order chi connectivity index (χ1) is 17.6. The van der Waals surface area contributed by atoms with Crippen molar-refractivity contribution in [2.45, 2.75) is 52.4 Å². The van der Waals surface area contributed by atoms with Gasteiger partial charge in [-0.2, -0.15) is 5.10 Å². The van der Waals surface area contributed by atoms with Crippen molar-refractivity contribution in [3.05, 3.63) is 35.1 Å². The number of rotatable bonds is 5. The number of ether oxygens (including phenoxy) is 2. The molecular formula is C26H34N6O4S. The Kier molecular flexibility index (Phi) is 6.63. The van der Waals surface area contributed by atoms with Crippen LogP contribution in [-0.4, -0.2) is 79.5 Å². The number of pyridine rings is 1. The van der Waals surface area contributed by atoms with Crippen molar-refractivity contribution >= 4 is 33.3 Å². The molecule has 4 aromatic heterocycles. The highest BCUT2D eigenvalue weighted by Crippen LogP contribution is 2.42. The van der Waals surface area contributed by atoms with Crippen molar-refractivity contribution in [2.75, 3.05) is 33.3 Å². The number of H-pyrrole nitrogens is 1. The normalized spacial score (nSPS) is 16.2. The predicted octanol–water partition coefficient (Wildman–Crippen LogP) is 4.61. The zero-order valence-corrected chi connectivity index (χ0v) is 22.9. The van der Waals surface area contributed by atoms with E-state index >= 15 is 0 Å². The van der Waals surface area contributed by atoms with Gasteiger partial charge in [-0.05, 0) is 44.4 Å². The van der Waals surface area contributed by atoms with Crippen molar-refractivity contribution in [3.63, 3.8) is 0 Å². The van der Waals surface area contributed by atoms with Gasteiger partial charge in [-0.25, -0.2) is 14.3 Å². The molecule has 1 amide bonds. The second-order valence-electron chi connectivity index (χ2n) is 10.7. The quantitative estimate of drug-likeness (QED) is 0.391. The summed E-state index contributed by atoms with van der Waals surface area (Å²) in [6.07, 6.45) is 2.42. The van der Waals surface area contributed by atoms with E-state index in [9.17, 15) is 9.90 Å². The Morgan fingerprint density at radius 3 is 2.57 bits per heavy atom. The molecular weight excluding hydrogens is 492 g/mol. The Bertz CT molecular complexity index is 1420. The molecule has 0 saturated carbocycles. The third kappa shape index (κ3) is 4.90. The Balaban J connectivity index is 1.39. The number of fused-ring (bicyclic) bond motifs is 2. The maximum atomic E-state index is 12.4. The molecule has 2 N–H and O–H groups in total. The van der Waals surface area contributed by atoms with E-state index in [0.29, 0.717) is 37.6 Å².